The van der Waals surface area contributed by atoms with Gasteiger partial charge in [-0.1, -0.05) is 51.1 Å². The van der Waals surface area contributed by atoms with Gasteiger partial charge in [-0.25, -0.2) is 9.59 Å². The van der Waals surface area contributed by atoms with Crippen LogP contribution < -0.4 is 0 Å². The lowest BCUT2D eigenvalue weighted by Gasteiger charge is -2.57. The minimum Gasteiger partial charge on any atom is -0.444 e. The maximum Gasteiger partial charge on any atom is 0.413 e. The van der Waals surface area contributed by atoms with Crippen molar-refractivity contribution in [2.45, 2.75) is 84.6 Å². The van der Waals surface area contributed by atoms with Crippen LogP contribution in [-0.2, 0) is 20.9 Å². The van der Waals surface area contributed by atoms with Crippen LogP contribution in [0.15, 0.2) is 30.3 Å². The zero-order chi connectivity index (χ0) is 22.7. The molecule has 0 radical (unpaired) electrons. The summed E-state index contributed by atoms with van der Waals surface area (Å²) in [5.74, 6) is 1.52. The number of cyclic esters (lactones) is 1. The molecular weight excluding hydrogens is 390 g/mol. The highest BCUT2D eigenvalue weighted by Gasteiger charge is 2.57. The molecule has 5 fully saturated rings. The van der Waals surface area contributed by atoms with E-state index in [-0.39, 0.29) is 12.0 Å². The van der Waals surface area contributed by atoms with E-state index >= 15 is 0 Å². The van der Waals surface area contributed by atoms with Crippen LogP contribution in [-0.4, -0.2) is 29.2 Å². The third-order valence-corrected chi connectivity index (χ3v) is 7.83. The second kappa shape index (κ2) is 7.53. The summed E-state index contributed by atoms with van der Waals surface area (Å²) in [6, 6.07) is 7.75. The zero-order valence-electron chi connectivity index (χ0n) is 19.9. The quantitative estimate of drug-likeness (QED) is 0.594. The maximum atomic E-state index is 13.4. The van der Waals surface area contributed by atoms with Crippen LogP contribution in [0.3, 0.4) is 0 Å². The van der Waals surface area contributed by atoms with Gasteiger partial charge in [-0.3, -0.25) is 4.90 Å². The predicted octanol–water partition coefficient (Wildman–Crippen LogP) is 5.53. The number of nitrogens with zero attached hydrogens (tertiary/aromatic N) is 1. The van der Waals surface area contributed by atoms with Crippen molar-refractivity contribution in [3.8, 4) is 0 Å². The molecule has 1 amide bonds. The largest absolute Gasteiger partial charge is 0.444 e. The van der Waals surface area contributed by atoms with Crippen LogP contribution in [0.2, 0.25) is 0 Å². The molecule has 0 N–H and O–H groups in total. The number of carbonyl (C=O) groups excluding carboxylic acids is 2. The average molecular weight is 427 g/mol. The fraction of sp³-hybridized carbons (Fsp3) is 0.692. The molecule has 4 aliphatic carbocycles. The van der Waals surface area contributed by atoms with E-state index in [2.05, 4.69) is 0 Å². The lowest BCUT2D eigenvalue weighted by atomic mass is 9.48. The van der Waals surface area contributed by atoms with E-state index in [1.807, 2.05) is 51.1 Å². The molecule has 1 aromatic rings. The molecule has 5 nitrogen and oxygen atoms in total. The van der Waals surface area contributed by atoms with E-state index in [4.69, 9.17) is 9.47 Å². The van der Waals surface area contributed by atoms with Gasteiger partial charge >= 0.3 is 12.1 Å². The van der Waals surface area contributed by atoms with Crippen molar-refractivity contribution in [1.29, 1.82) is 0 Å². The Morgan fingerprint density at radius 3 is 2.26 bits per heavy atom. The molecule has 4 saturated carbocycles. The lowest BCUT2D eigenvalue weighted by molar-refractivity contribution is -0.148. The molecule has 6 rings (SSSR count). The van der Waals surface area contributed by atoms with Crippen molar-refractivity contribution in [2.75, 3.05) is 0 Å². The van der Waals surface area contributed by atoms with Gasteiger partial charge in [0.1, 0.15) is 12.6 Å². The van der Waals surface area contributed by atoms with Gasteiger partial charge in [0.05, 0.1) is 1.37 Å². The van der Waals surface area contributed by atoms with Gasteiger partial charge in [-0.15, -0.1) is 0 Å². The van der Waals surface area contributed by atoms with Gasteiger partial charge in [-0.2, -0.15) is 0 Å². The van der Waals surface area contributed by atoms with Crippen molar-refractivity contribution >= 4 is 12.1 Å². The third-order valence-electron chi connectivity index (χ3n) is 7.83. The monoisotopic (exact) mass is 426 g/mol. The fourth-order valence-corrected chi connectivity index (χ4v) is 7.04. The minimum absolute atomic E-state index is 0.0414. The van der Waals surface area contributed by atoms with Crippen LogP contribution in [0.4, 0.5) is 4.79 Å². The molecule has 0 spiro atoms. The number of carbonyl (C=O) groups is 2. The second-order valence-corrected chi connectivity index (χ2v) is 11.6. The van der Waals surface area contributed by atoms with Crippen molar-refractivity contribution in [3.05, 3.63) is 35.9 Å². The van der Waals surface area contributed by atoms with Gasteiger partial charge in [0.2, 0.25) is 0 Å². The average Bonchev–Trinajstić information content (AvgIpc) is 2.96. The van der Waals surface area contributed by atoms with Crippen LogP contribution in [0, 0.1) is 28.6 Å². The van der Waals surface area contributed by atoms with Crippen LogP contribution >= 0.6 is 0 Å². The summed E-state index contributed by atoms with van der Waals surface area (Å²) >= 11 is 0. The second-order valence-electron chi connectivity index (χ2n) is 11.6. The molecule has 168 valence electrons. The Morgan fingerprint density at radius 1 is 1.13 bits per heavy atom. The van der Waals surface area contributed by atoms with Crippen LogP contribution in [0.1, 0.15) is 72.7 Å². The fourth-order valence-electron chi connectivity index (χ4n) is 7.04. The Morgan fingerprint density at radius 2 is 1.71 bits per heavy atom. The molecule has 5 heteroatoms. The molecule has 1 aromatic carbocycles. The summed E-state index contributed by atoms with van der Waals surface area (Å²) < 4.78 is 20.7. The van der Waals surface area contributed by atoms with E-state index in [0.717, 1.165) is 24.8 Å². The first kappa shape index (κ1) is 19.6. The highest BCUT2D eigenvalue weighted by Crippen LogP contribution is 2.62. The molecular formula is C26H35NO4. The SMILES string of the molecule is [2H][C@]1(CC23CC4CC(CC(C4)C2)C3)C(=O)O[C@@H](C(C)(C)C)N1C(=O)OCc1ccccc1. The molecule has 31 heavy (non-hydrogen) atoms. The summed E-state index contributed by atoms with van der Waals surface area (Å²) in [4.78, 5) is 27.9. The normalized spacial score (nSPS) is 39.4. The summed E-state index contributed by atoms with van der Waals surface area (Å²) in [7, 11) is 0. The standard InChI is InChI=1S/C26H35NO4/c1-25(2,3)23-27(24(29)30-16-17-7-5-4-6-8-17)21(22(28)31-23)15-26-12-18-9-19(13-26)11-20(10-18)14-26/h4-8,18-21,23H,9-16H2,1-3H3/t18?,19?,20?,21-,23-,26?/m0/s1/i21D. The van der Waals surface area contributed by atoms with Gasteiger partial charge in [0.15, 0.2) is 6.23 Å². The number of ether oxygens (including phenoxy) is 2. The van der Waals surface area contributed by atoms with Gasteiger partial charge in [-0.05, 0) is 73.7 Å². The molecule has 0 unspecified atom stereocenters. The van der Waals surface area contributed by atoms with Crippen molar-refractivity contribution in [1.82, 2.24) is 4.90 Å². The smallest absolute Gasteiger partial charge is 0.413 e. The van der Waals surface area contributed by atoms with E-state index in [1.54, 1.807) is 0 Å². The molecule has 1 saturated heterocycles. The van der Waals surface area contributed by atoms with E-state index in [9.17, 15) is 11.0 Å². The van der Waals surface area contributed by atoms with Crippen LogP contribution in [0.5, 0.6) is 0 Å². The summed E-state index contributed by atoms with van der Waals surface area (Å²) in [5, 5.41) is 0. The van der Waals surface area contributed by atoms with E-state index in [1.165, 1.54) is 24.2 Å². The summed E-state index contributed by atoms with van der Waals surface area (Å²) in [6.45, 7) is 5.89. The maximum absolute atomic E-state index is 13.4. The predicted molar refractivity (Wildman–Crippen MR) is 117 cm³/mol. The zero-order valence-corrected chi connectivity index (χ0v) is 18.9. The number of hydrogen-bond acceptors (Lipinski definition) is 4. The topological polar surface area (TPSA) is 55.8 Å². The number of esters is 1. The number of rotatable bonds is 4. The number of amides is 1. The first-order valence-electron chi connectivity index (χ1n) is 12.3. The Kier molecular flexibility index (Phi) is 4.77. The summed E-state index contributed by atoms with van der Waals surface area (Å²) in [6.07, 6.45) is 5.99. The highest BCUT2D eigenvalue weighted by atomic mass is 16.6. The van der Waals surface area contributed by atoms with Gasteiger partial charge in [0.25, 0.3) is 0 Å². The number of benzene rings is 1. The highest BCUT2D eigenvalue weighted by molar-refractivity contribution is 5.84. The first-order chi connectivity index (χ1) is 15.1. The first-order valence-corrected chi connectivity index (χ1v) is 11.8. The Hall–Kier alpha value is -2.04. The van der Waals surface area contributed by atoms with Crippen molar-refractivity contribution in [3.63, 3.8) is 0 Å². The number of hydrogen-bond donors (Lipinski definition) is 0. The molecule has 1 heterocycles. The Bertz CT molecular complexity index is 860. The van der Waals surface area contributed by atoms with E-state index < -0.39 is 29.7 Å². The molecule has 1 aliphatic heterocycles. The van der Waals surface area contributed by atoms with E-state index in [0.29, 0.717) is 24.2 Å². The van der Waals surface area contributed by atoms with Gasteiger partial charge in [0, 0.05) is 5.41 Å². The van der Waals surface area contributed by atoms with Crippen LogP contribution in [0.25, 0.3) is 0 Å². The summed E-state index contributed by atoms with van der Waals surface area (Å²) in [5.41, 5.74) is 0.308. The minimum atomic E-state index is -1.74. The molecule has 4 bridgehead atoms. The van der Waals surface area contributed by atoms with Crippen molar-refractivity contribution < 1.29 is 20.4 Å². The Labute approximate surface area is 186 Å². The Balaban J connectivity index is 1.42. The third kappa shape index (κ3) is 3.96. The lowest BCUT2D eigenvalue weighted by Crippen LogP contribution is -2.52. The molecule has 2 atom stereocenters. The molecule has 0 aromatic heterocycles. The van der Waals surface area contributed by atoms with Gasteiger partial charge < -0.3 is 9.47 Å². The molecule has 5 aliphatic rings. The van der Waals surface area contributed by atoms with Crippen molar-refractivity contribution in [2.24, 2.45) is 28.6 Å².